The Morgan fingerprint density at radius 3 is 2.39 bits per heavy atom. The summed E-state index contributed by atoms with van der Waals surface area (Å²) in [5.74, 6) is -0.707. The number of aromatic nitrogens is 2. The van der Waals surface area contributed by atoms with Gasteiger partial charge in [-0.25, -0.2) is 0 Å². The first-order valence-corrected chi connectivity index (χ1v) is 11.3. The molecule has 0 radical (unpaired) electrons. The highest BCUT2D eigenvalue weighted by Crippen LogP contribution is 2.33. The third kappa shape index (κ3) is 6.29. The van der Waals surface area contributed by atoms with Crippen molar-refractivity contribution in [1.82, 2.24) is 10.2 Å². The van der Waals surface area contributed by atoms with Gasteiger partial charge in [-0.05, 0) is 42.8 Å². The van der Waals surface area contributed by atoms with Gasteiger partial charge >= 0.3 is 16.3 Å². The molecule has 0 unspecified atom stereocenters. The lowest BCUT2D eigenvalue weighted by molar-refractivity contribution is -0.138. The SMILES string of the molecule is COc1cc(C=CC(=O)Nc2nnc(C(F)(F)F)s2)ccc1OS(=O)(=O)c1ccc(C)cc1. The highest BCUT2D eigenvalue weighted by atomic mass is 32.2. The molecule has 0 saturated heterocycles. The number of hydrogen-bond donors (Lipinski definition) is 1. The van der Waals surface area contributed by atoms with E-state index in [1.54, 1.807) is 12.1 Å². The van der Waals surface area contributed by atoms with E-state index in [1.807, 2.05) is 6.92 Å². The van der Waals surface area contributed by atoms with Gasteiger partial charge in [0.1, 0.15) is 4.90 Å². The van der Waals surface area contributed by atoms with Gasteiger partial charge < -0.3 is 8.92 Å². The first kappa shape index (κ1) is 24.2. The molecule has 8 nitrogen and oxygen atoms in total. The number of carbonyl (C=O) groups is 1. The van der Waals surface area contributed by atoms with Crippen molar-refractivity contribution in [1.29, 1.82) is 0 Å². The van der Waals surface area contributed by atoms with E-state index in [9.17, 15) is 26.4 Å². The van der Waals surface area contributed by atoms with Crippen LogP contribution in [0.2, 0.25) is 0 Å². The molecule has 0 aliphatic rings. The fourth-order valence-electron chi connectivity index (χ4n) is 2.44. The summed E-state index contributed by atoms with van der Waals surface area (Å²) in [6, 6.07) is 10.4. The number of aryl methyl sites for hydroxylation is 1. The molecule has 0 aliphatic carbocycles. The van der Waals surface area contributed by atoms with E-state index in [0.29, 0.717) is 5.56 Å². The van der Waals surface area contributed by atoms with E-state index in [4.69, 9.17) is 8.92 Å². The van der Waals surface area contributed by atoms with Gasteiger partial charge in [-0.3, -0.25) is 10.1 Å². The van der Waals surface area contributed by atoms with Gasteiger partial charge in [-0.2, -0.15) is 21.6 Å². The second-order valence-electron chi connectivity index (χ2n) is 6.49. The topological polar surface area (TPSA) is 107 Å². The smallest absolute Gasteiger partial charge is 0.445 e. The minimum atomic E-state index is -4.65. The van der Waals surface area contributed by atoms with Crippen LogP contribution in [0.15, 0.2) is 53.4 Å². The molecular formula is C20H16F3N3O5S2. The summed E-state index contributed by atoms with van der Waals surface area (Å²) in [7, 11) is -2.78. The predicted octanol–water partition coefficient (Wildman–Crippen LogP) is 4.29. The van der Waals surface area contributed by atoms with Crippen molar-refractivity contribution in [2.75, 3.05) is 12.4 Å². The number of halogens is 3. The Labute approximate surface area is 190 Å². The summed E-state index contributed by atoms with van der Waals surface area (Å²) in [4.78, 5) is 11.9. The van der Waals surface area contributed by atoms with Crippen molar-refractivity contribution in [2.24, 2.45) is 0 Å². The van der Waals surface area contributed by atoms with E-state index < -0.39 is 27.2 Å². The van der Waals surface area contributed by atoms with E-state index in [1.165, 1.54) is 43.5 Å². The lowest BCUT2D eigenvalue weighted by Crippen LogP contribution is -2.10. The van der Waals surface area contributed by atoms with Crippen LogP contribution in [0.25, 0.3) is 6.08 Å². The average molecular weight is 499 g/mol. The Morgan fingerprint density at radius 1 is 1.09 bits per heavy atom. The summed E-state index contributed by atoms with van der Waals surface area (Å²) in [6.45, 7) is 1.82. The zero-order valence-electron chi connectivity index (χ0n) is 17.1. The van der Waals surface area contributed by atoms with Crippen molar-refractivity contribution in [3.63, 3.8) is 0 Å². The Hall–Kier alpha value is -3.45. The van der Waals surface area contributed by atoms with Gasteiger partial charge in [0.25, 0.3) is 0 Å². The average Bonchev–Trinajstić information content (AvgIpc) is 3.22. The summed E-state index contributed by atoms with van der Waals surface area (Å²) in [5, 5.41) is 6.94. The molecule has 0 saturated carbocycles. The van der Waals surface area contributed by atoms with Crippen LogP contribution < -0.4 is 14.2 Å². The van der Waals surface area contributed by atoms with Crippen LogP contribution in [-0.2, 0) is 21.1 Å². The van der Waals surface area contributed by atoms with Crippen molar-refractivity contribution in [3.8, 4) is 11.5 Å². The molecular weight excluding hydrogens is 483 g/mol. The summed E-state index contributed by atoms with van der Waals surface area (Å²) < 4.78 is 73.0. The Kier molecular flexibility index (Phi) is 7.03. The highest BCUT2D eigenvalue weighted by molar-refractivity contribution is 7.87. The molecule has 3 aromatic rings. The van der Waals surface area contributed by atoms with Crippen LogP contribution in [0.1, 0.15) is 16.1 Å². The Bertz CT molecular complexity index is 1290. The molecule has 0 bridgehead atoms. The summed E-state index contributed by atoms with van der Waals surface area (Å²) >= 11 is 0.195. The van der Waals surface area contributed by atoms with Crippen LogP contribution in [0.3, 0.4) is 0 Å². The summed E-state index contributed by atoms with van der Waals surface area (Å²) in [6.07, 6.45) is -2.24. The molecule has 0 atom stereocenters. The molecule has 1 amide bonds. The number of anilines is 1. The van der Waals surface area contributed by atoms with Crippen LogP contribution in [-0.4, -0.2) is 31.6 Å². The van der Waals surface area contributed by atoms with Crippen molar-refractivity contribution >= 4 is 38.6 Å². The number of rotatable bonds is 7. The lowest BCUT2D eigenvalue weighted by atomic mass is 10.2. The normalized spacial score (nSPS) is 12.0. The maximum absolute atomic E-state index is 12.5. The predicted molar refractivity (Wildman–Crippen MR) is 115 cm³/mol. The maximum Gasteiger partial charge on any atom is 0.445 e. The van der Waals surface area contributed by atoms with Gasteiger partial charge in [-0.15, -0.1) is 10.2 Å². The summed E-state index contributed by atoms with van der Waals surface area (Å²) in [5.41, 5.74) is 1.33. The second-order valence-corrected chi connectivity index (χ2v) is 9.02. The Morgan fingerprint density at radius 2 is 1.79 bits per heavy atom. The molecule has 174 valence electrons. The number of benzene rings is 2. The number of hydrogen-bond acceptors (Lipinski definition) is 8. The molecule has 1 heterocycles. The number of nitrogens with zero attached hydrogens (tertiary/aromatic N) is 2. The number of methoxy groups -OCH3 is 1. The quantitative estimate of drug-likeness (QED) is 0.382. The zero-order chi connectivity index (χ0) is 24.2. The third-order valence-electron chi connectivity index (χ3n) is 4.02. The number of ether oxygens (including phenoxy) is 1. The molecule has 2 aromatic carbocycles. The second kappa shape index (κ2) is 9.58. The highest BCUT2D eigenvalue weighted by Gasteiger charge is 2.35. The van der Waals surface area contributed by atoms with Gasteiger partial charge in [0.2, 0.25) is 16.0 Å². The van der Waals surface area contributed by atoms with Crippen LogP contribution in [0.4, 0.5) is 18.3 Å². The fraction of sp³-hybridized carbons (Fsp3) is 0.150. The number of alkyl halides is 3. The van der Waals surface area contributed by atoms with Gasteiger partial charge in [0.15, 0.2) is 11.5 Å². The minimum absolute atomic E-state index is 0.0267. The molecule has 13 heteroatoms. The van der Waals surface area contributed by atoms with E-state index in [2.05, 4.69) is 15.5 Å². The number of amides is 1. The molecule has 0 fully saturated rings. The first-order chi connectivity index (χ1) is 15.5. The lowest BCUT2D eigenvalue weighted by Gasteiger charge is -2.11. The van der Waals surface area contributed by atoms with Crippen LogP contribution in [0, 0.1) is 6.92 Å². The fourth-order valence-corrected chi connectivity index (χ4v) is 3.99. The molecule has 1 aromatic heterocycles. The van der Waals surface area contributed by atoms with Crippen molar-refractivity contribution in [2.45, 2.75) is 18.0 Å². The molecule has 33 heavy (non-hydrogen) atoms. The van der Waals surface area contributed by atoms with Crippen LogP contribution in [0.5, 0.6) is 11.5 Å². The maximum atomic E-state index is 12.5. The Balaban J connectivity index is 1.71. The van der Waals surface area contributed by atoms with Gasteiger partial charge in [-0.1, -0.05) is 35.1 Å². The number of carbonyl (C=O) groups excluding carboxylic acids is 1. The van der Waals surface area contributed by atoms with E-state index >= 15 is 0 Å². The zero-order valence-corrected chi connectivity index (χ0v) is 18.7. The molecule has 0 aliphatic heterocycles. The van der Waals surface area contributed by atoms with E-state index in [0.717, 1.165) is 11.6 Å². The van der Waals surface area contributed by atoms with Gasteiger partial charge in [0, 0.05) is 6.08 Å². The minimum Gasteiger partial charge on any atom is -0.493 e. The van der Waals surface area contributed by atoms with Crippen molar-refractivity contribution in [3.05, 3.63) is 64.7 Å². The standard InChI is InChI=1S/C20H16F3N3O5S2/c1-12-3-7-14(8-4-12)33(28,29)31-15-9-5-13(11-16(15)30-2)6-10-17(27)24-19-26-25-18(32-19)20(21,22)23/h3-11H,1-2H3,(H,24,26,27). The first-order valence-electron chi connectivity index (χ1n) is 9.07. The molecule has 1 N–H and O–H groups in total. The molecule has 0 spiro atoms. The monoisotopic (exact) mass is 499 g/mol. The number of nitrogens with one attached hydrogen (secondary N) is 1. The largest absolute Gasteiger partial charge is 0.493 e. The van der Waals surface area contributed by atoms with Crippen LogP contribution >= 0.6 is 11.3 Å². The third-order valence-corrected chi connectivity index (χ3v) is 6.15. The molecule has 3 rings (SSSR count). The van der Waals surface area contributed by atoms with E-state index in [-0.39, 0.29) is 32.9 Å². The van der Waals surface area contributed by atoms with Gasteiger partial charge in [0.05, 0.1) is 7.11 Å². The van der Waals surface area contributed by atoms with Crippen molar-refractivity contribution < 1.29 is 35.3 Å².